The fraction of sp³-hybridized carbons (Fsp3) is 0.286. The highest BCUT2D eigenvalue weighted by Gasteiger charge is 2.22. The molecule has 2 unspecified atom stereocenters. The number of nitrogens with one attached hydrogen (secondary N) is 1. The first-order valence-electron chi connectivity index (χ1n) is 11.1. The van der Waals surface area contributed by atoms with Crippen LogP contribution >= 0.6 is 0 Å². The molecule has 0 spiro atoms. The van der Waals surface area contributed by atoms with Crippen LogP contribution < -0.4 is 10.1 Å². The van der Waals surface area contributed by atoms with Gasteiger partial charge in [-0.25, -0.2) is 0 Å². The van der Waals surface area contributed by atoms with Crippen molar-refractivity contribution < 1.29 is 19.1 Å². The minimum atomic E-state index is -0.342. The second-order valence-corrected chi connectivity index (χ2v) is 8.18. The average molecular weight is 446 g/mol. The molecule has 5 nitrogen and oxygen atoms in total. The van der Waals surface area contributed by atoms with Gasteiger partial charge in [0.25, 0.3) is 0 Å². The molecule has 5 heteroatoms. The molecule has 1 amide bonds. The molecule has 0 radical (unpaired) electrons. The van der Waals surface area contributed by atoms with Gasteiger partial charge in [-0.05, 0) is 42.2 Å². The fourth-order valence-electron chi connectivity index (χ4n) is 3.77. The summed E-state index contributed by atoms with van der Waals surface area (Å²) < 4.78 is 10.9. The minimum absolute atomic E-state index is 0.109. The Morgan fingerprint density at radius 1 is 0.879 bits per heavy atom. The minimum Gasteiger partial charge on any atom is -0.489 e. The van der Waals surface area contributed by atoms with Gasteiger partial charge in [-0.2, -0.15) is 0 Å². The molecular weight excluding hydrogens is 414 g/mol. The number of esters is 1. The summed E-state index contributed by atoms with van der Waals surface area (Å²) in [5.74, 6) is 0.0390. The van der Waals surface area contributed by atoms with E-state index >= 15 is 0 Å². The fourth-order valence-corrected chi connectivity index (χ4v) is 3.77. The second kappa shape index (κ2) is 11.9. The van der Waals surface area contributed by atoms with Gasteiger partial charge in [-0.15, -0.1) is 0 Å². The zero-order valence-electron chi connectivity index (χ0n) is 19.4. The molecule has 0 saturated heterocycles. The van der Waals surface area contributed by atoms with Crippen LogP contribution in [0.25, 0.3) is 0 Å². The van der Waals surface area contributed by atoms with E-state index in [0.29, 0.717) is 6.61 Å². The molecule has 0 aromatic heterocycles. The summed E-state index contributed by atoms with van der Waals surface area (Å²) in [6, 6.07) is 25.5. The van der Waals surface area contributed by atoms with Crippen LogP contribution in [-0.4, -0.2) is 19.0 Å². The Morgan fingerprint density at radius 2 is 1.55 bits per heavy atom. The third-order valence-electron chi connectivity index (χ3n) is 5.66. The Hall–Kier alpha value is -3.60. The maximum Gasteiger partial charge on any atom is 0.306 e. The lowest BCUT2D eigenvalue weighted by atomic mass is 9.90. The van der Waals surface area contributed by atoms with E-state index < -0.39 is 0 Å². The molecule has 0 aliphatic rings. The van der Waals surface area contributed by atoms with Gasteiger partial charge < -0.3 is 14.8 Å². The zero-order chi connectivity index (χ0) is 23.6. The van der Waals surface area contributed by atoms with Gasteiger partial charge in [0.15, 0.2) is 0 Å². The number of hydrogen-bond acceptors (Lipinski definition) is 4. The van der Waals surface area contributed by atoms with Gasteiger partial charge in [-0.1, -0.05) is 72.8 Å². The van der Waals surface area contributed by atoms with Crippen LogP contribution in [0, 0.1) is 6.92 Å². The predicted molar refractivity (Wildman–Crippen MR) is 129 cm³/mol. The van der Waals surface area contributed by atoms with Crippen LogP contribution in [0.5, 0.6) is 5.75 Å². The third kappa shape index (κ3) is 7.21. The van der Waals surface area contributed by atoms with Crippen LogP contribution in [-0.2, 0) is 20.9 Å². The zero-order valence-corrected chi connectivity index (χ0v) is 19.4. The van der Waals surface area contributed by atoms with Gasteiger partial charge in [0.2, 0.25) is 5.91 Å². The van der Waals surface area contributed by atoms with Crippen molar-refractivity contribution >= 4 is 11.9 Å². The summed E-state index contributed by atoms with van der Waals surface area (Å²) in [6.45, 7) is 4.40. The number of rotatable bonds is 10. The van der Waals surface area contributed by atoms with Crippen molar-refractivity contribution in [3.05, 3.63) is 101 Å². The molecule has 0 saturated carbocycles. The lowest BCUT2D eigenvalue weighted by molar-refractivity contribution is -0.141. The van der Waals surface area contributed by atoms with E-state index in [-0.39, 0.29) is 36.7 Å². The van der Waals surface area contributed by atoms with E-state index in [9.17, 15) is 9.59 Å². The summed E-state index contributed by atoms with van der Waals surface area (Å²) in [6.07, 6.45) is 0.323. The van der Waals surface area contributed by atoms with E-state index in [2.05, 4.69) is 5.32 Å². The van der Waals surface area contributed by atoms with Crippen molar-refractivity contribution in [2.45, 2.75) is 45.3 Å². The summed E-state index contributed by atoms with van der Waals surface area (Å²) in [5.41, 5.74) is 3.99. The highest BCUT2D eigenvalue weighted by atomic mass is 16.5. The monoisotopic (exact) mass is 445 g/mol. The maximum atomic E-state index is 12.8. The first kappa shape index (κ1) is 24.1. The highest BCUT2D eigenvalue weighted by Crippen LogP contribution is 2.29. The molecule has 2 atom stereocenters. The van der Waals surface area contributed by atoms with Crippen molar-refractivity contribution in [3.8, 4) is 5.75 Å². The third-order valence-corrected chi connectivity index (χ3v) is 5.66. The molecule has 3 aromatic rings. The van der Waals surface area contributed by atoms with E-state index in [4.69, 9.17) is 9.47 Å². The van der Waals surface area contributed by atoms with Crippen LogP contribution in [0.15, 0.2) is 78.9 Å². The number of amides is 1. The predicted octanol–water partition coefficient (Wildman–Crippen LogP) is 5.49. The van der Waals surface area contributed by atoms with Crippen LogP contribution in [0.3, 0.4) is 0 Å². The molecule has 0 bridgehead atoms. The number of ether oxygens (including phenoxy) is 2. The quantitative estimate of drug-likeness (QED) is 0.419. The summed E-state index contributed by atoms with van der Waals surface area (Å²) in [5, 5.41) is 3.04. The number of benzene rings is 3. The molecule has 0 heterocycles. The van der Waals surface area contributed by atoms with Gasteiger partial charge in [0.1, 0.15) is 12.4 Å². The molecule has 0 fully saturated rings. The van der Waals surface area contributed by atoms with Crippen LogP contribution in [0.2, 0.25) is 0 Å². The first-order valence-corrected chi connectivity index (χ1v) is 11.1. The Morgan fingerprint density at radius 3 is 2.18 bits per heavy atom. The maximum absolute atomic E-state index is 12.8. The number of methoxy groups -OCH3 is 1. The highest BCUT2D eigenvalue weighted by molar-refractivity contribution is 5.79. The standard InChI is InChI=1S/C28H31NO4/c1-20-16-24(14-15-26(20)33-19-22-10-6-4-7-11-22)25(18-28(31)32-3)17-27(30)29-21(2)23-12-8-5-9-13-23/h4-16,21,25H,17-19H2,1-3H3,(H,29,30). The van der Waals surface area contributed by atoms with Gasteiger partial charge >= 0.3 is 5.97 Å². The average Bonchev–Trinajstić information content (AvgIpc) is 2.83. The molecule has 3 aromatic carbocycles. The van der Waals surface area contributed by atoms with E-state index in [0.717, 1.165) is 28.0 Å². The molecule has 0 aliphatic heterocycles. The number of carbonyl (C=O) groups excluding carboxylic acids is 2. The Kier molecular flexibility index (Phi) is 8.64. The smallest absolute Gasteiger partial charge is 0.306 e. The number of hydrogen-bond donors (Lipinski definition) is 1. The lowest BCUT2D eigenvalue weighted by Gasteiger charge is -2.20. The molecule has 3 rings (SSSR count). The lowest BCUT2D eigenvalue weighted by Crippen LogP contribution is -2.28. The first-order chi connectivity index (χ1) is 16.0. The normalized spacial score (nSPS) is 12.5. The SMILES string of the molecule is COC(=O)CC(CC(=O)NC(C)c1ccccc1)c1ccc(OCc2ccccc2)c(C)c1. The van der Waals surface area contributed by atoms with Crippen molar-refractivity contribution in [2.75, 3.05) is 7.11 Å². The molecule has 1 N–H and O–H groups in total. The summed E-state index contributed by atoms with van der Waals surface area (Å²) >= 11 is 0. The number of carbonyl (C=O) groups is 2. The summed E-state index contributed by atoms with van der Waals surface area (Å²) in [7, 11) is 1.36. The topological polar surface area (TPSA) is 64.6 Å². The molecule has 33 heavy (non-hydrogen) atoms. The van der Waals surface area contributed by atoms with Crippen LogP contribution in [0.4, 0.5) is 0 Å². The van der Waals surface area contributed by atoms with Gasteiger partial charge in [0.05, 0.1) is 19.6 Å². The van der Waals surface area contributed by atoms with Crippen molar-refractivity contribution in [2.24, 2.45) is 0 Å². The van der Waals surface area contributed by atoms with E-state index in [1.54, 1.807) is 0 Å². The van der Waals surface area contributed by atoms with Crippen LogP contribution in [0.1, 0.15) is 54.0 Å². The van der Waals surface area contributed by atoms with Crippen molar-refractivity contribution in [1.82, 2.24) is 5.32 Å². The van der Waals surface area contributed by atoms with Crippen molar-refractivity contribution in [1.29, 1.82) is 0 Å². The van der Waals surface area contributed by atoms with E-state index in [1.165, 1.54) is 7.11 Å². The number of aryl methyl sites for hydroxylation is 1. The summed E-state index contributed by atoms with van der Waals surface area (Å²) in [4.78, 5) is 24.9. The molecule has 172 valence electrons. The second-order valence-electron chi connectivity index (χ2n) is 8.18. The molecular formula is C28H31NO4. The largest absolute Gasteiger partial charge is 0.489 e. The van der Waals surface area contributed by atoms with Gasteiger partial charge in [-0.3, -0.25) is 9.59 Å². The Bertz CT molecular complexity index is 1050. The Balaban J connectivity index is 1.69. The van der Waals surface area contributed by atoms with E-state index in [1.807, 2.05) is 92.7 Å². The molecule has 0 aliphatic carbocycles. The van der Waals surface area contributed by atoms with Crippen molar-refractivity contribution in [3.63, 3.8) is 0 Å². The Labute approximate surface area is 195 Å². The van der Waals surface area contributed by atoms with Gasteiger partial charge in [0, 0.05) is 12.3 Å².